The van der Waals surface area contributed by atoms with E-state index in [1.54, 1.807) is 5.32 Å². The molecule has 148 valence electrons. The molecule has 2 aromatic carbocycles. The van der Waals surface area contributed by atoms with Gasteiger partial charge < -0.3 is 5.32 Å². The molecule has 3 aromatic rings. The molecule has 0 saturated carbocycles. The van der Waals surface area contributed by atoms with Crippen molar-refractivity contribution in [3.63, 3.8) is 0 Å². The van der Waals surface area contributed by atoms with Crippen molar-refractivity contribution >= 4 is 45.3 Å². The molecule has 0 aliphatic rings. The topological polar surface area (TPSA) is 24.9 Å². The van der Waals surface area contributed by atoms with E-state index in [1.165, 1.54) is 0 Å². The summed E-state index contributed by atoms with van der Waals surface area (Å²) in [7, 11) is 0. The zero-order valence-corrected chi connectivity index (χ0v) is 14.1. The molecule has 28 heavy (non-hydrogen) atoms. The quantitative estimate of drug-likeness (QED) is 0.207. The lowest BCUT2D eigenvalue weighted by Gasteiger charge is -2.16. The van der Waals surface area contributed by atoms with Gasteiger partial charge in [-0.25, -0.2) is 30.7 Å². The Morgan fingerprint density at radius 1 is 0.500 bits per heavy atom. The van der Waals surface area contributed by atoms with Gasteiger partial charge in [-0.2, -0.15) is 13.8 Å². The van der Waals surface area contributed by atoms with Gasteiger partial charge >= 0.3 is 0 Å². The summed E-state index contributed by atoms with van der Waals surface area (Å²) in [5, 5.41) is -4.00. The predicted octanol–water partition coefficient (Wildman–Crippen LogP) is 6.54. The molecule has 0 fully saturated rings. The molecule has 0 aliphatic heterocycles. The van der Waals surface area contributed by atoms with E-state index in [9.17, 15) is 39.5 Å². The number of pyridine rings is 1. The zero-order chi connectivity index (χ0) is 21.1. The lowest BCUT2D eigenvalue weighted by atomic mass is 10.0. The minimum Gasteiger partial charge on any atom is -0.350 e. The first-order chi connectivity index (χ1) is 13.0. The second kappa shape index (κ2) is 6.89. The molecule has 0 amide bonds. The Bertz CT molecular complexity index is 1130. The molecule has 0 saturated heterocycles. The van der Waals surface area contributed by atoms with Gasteiger partial charge in [0.15, 0.2) is 40.7 Å². The van der Waals surface area contributed by atoms with E-state index in [0.717, 1.165) is 0 Å². The maximum Gasteiger partial charge on any atom is 0.236 e. The third-order valence-corrected chi connectivity index (χ3v) is 4.28. The van der Waals surface area contributed by atoms with Crippen LogP contribution in [-0.4, -0.2) is 4.98 Å². The lowest BCUT2D eigenvalue weighted by Crippen LogP contribution is -2.09. The molecule has 2 nitrogen and oxygen atoms in total. The number of benzene rings is 2. The molecule has 0 radical (unpaired) electrons. The third-order valence-electron chi connectivity index (χ3n) is 3.59. The summed E-state index contributed by atoms with van der Waals surface area (Å²) in [5.74, 6) is -20.1. The maximum atomic E-state index is 14.2. The number of halogens is 11. The standard InChI is InChI=1S/C15HCl2F9N2/c16-3-13(4(17)15(26)28-14(3)25)27-12-2-1(6(19)10(23)11(12)24)5(18)8(21)9(22)7(2)20/h(H,27,28). The van der Waals surface area contributed by atoms with E-state index in [1.807, 2.05) is 0 Å². The molecule has 0 atom stereocenters. The van der Waals surface area contributed by atoms with E-state index in [-0.39, 0.29) is 0 Å². The second-order valence-corrected chi connectivity index (χ2v) is 5.90. The highest BCUT2D eigenvalue weighted by atomic mass is 35.5. The smallest absolute Gasteiger partial charge is 0.236 e. The fourth-order valence-electron chi connectivity index (χ4n) is 2.34. The summed E-state index contributed by atoms with van der Waals surface area (Å²) in [5.41, 5.74) is -2.61. The Morgan fingerprint density at radius 2 is 0.893 bits per heavy atom. The molecule has 3 rings (SSSR count). The van der Waals surface area contributed by atoms with Crippen LogP contribution in [0.15, 0.2) is 0 Å². The van der Waals surface area contributed by atoms with E-state index in [4.69, 9.17) is 23.2 Å². The van der Waals surface area contributed by atoms with E-state index in [0.29, 0.717) is 0 Å². The van der Waals surface area contributed by atoms with Crippen LogP contribution in [0.25, 0.3) is 10.8 Å². The van der Waals surface area contributed by atoms with Gasteiger partial charge in [-0.1, -0.05) is 23.2 Å². The number of nitrogens with zero attached hydrogens (tertiary/aromatic N) is 1. The molecule has 1 N–H and O–H groups in total. The molecule has 0 unspecified atom stereocenters. The highest BCUT2D eigenvalue weighted by Crippen LogP contribution is 2.42. The van der Waals surface area contributed by atoms with Crippen molar-refractivity contribution in [3.8, 4) is 0 Å². The molecule has 1 aromatic heterocycles. The van der Waals surface area contributed by atoms with Crippen molar-refractivity contribution in [1.29, 1.82) is 0 Å². The van der Waals surface area contributed by atoms with Crippen molar-refractivity contribution in [2.45, 2.75) is 0 Å². The van der Waals surface area contributed by atoms with Crippen LogP contribution in [0.4, 0.5) is 50.9 Å². The Balaban J connectivity index is 2.47. The van der Waals surface area contributed by atoms with Crippen LogP contribution in [0.1, 0.15) is 0 Å². The van der Waals surface area contributed by atoms with E-state index in [2.05, 4.69) is 4.98 Å². The average molecular weight is 451 g/mol. The van der Waals surface area contributed by atoms with Crippen LogP contribution >= 0.6 is 23.2 Å². The minimum atomic E-state index is -2.50. The third kappa shape index (κ3) is 2.80. The highest BCUT2D eigenvalue weighted by molar-refractivity contribution is 6.39. The van der Waals surface area contributed by atoms with Crippen molar-refractivity contribution in [2.24, 2.45) is 0 Å². The fraction of sp³-hybridized carbons (Fsp3) is 0. The Morgan fingerprint density at radius 3 is 1.36 bits per heavy atom. The number of hydrogen-bond acceptors (Lipinski definition) is 2. The van der Waals surface area contributed by atoms with Gasteiger partial charge in [0.05, 0.1) is 22.1 Å². The van der Waals surface area contributed by atoms with Crippen LogP contribution in [0.5, 0.6) is 0 Å². The molecule has 0 bridgehead atoms. The SMILES string of the molecule is Fc1nc(F)c(Cl)c(Nc2c(F)c(F)c(F)c3c(F)c(F)c(F)c(F)c23)c1Cl. The van der Waals surface area contributed by atoms with Crippen LogP contribution in [-0.2, 0) is 0 Å². The van der Waals surface area contributed by atoms with Gasteiger partial charge in [0, 0.05) is 0 Å². The average Bonchev–Trinajstić information content (AvgIpc) is 2.65. The van der Waals surface area contributed by atoms with Crippen molar-refractivity contribution < 1.29 is 39.5 Å². The number of hydrogen-bond donors (Lipinski definition) is 1. The normalized spacial score (nSPS) is 11.4. The zero-order valence-electron chi connectivity index (χ0n) is 12.6. The molecule has 13 heteroatoms. The summed E-state index contributed by atoms with van der Waals surface area (Å²) < 4.78 is 124. The fourth-order valence-corrected chi connectivity index (χ4v) is 2.75. The molecule has 1 heterocycles. The largest absolute Gasteiger partial charge is 0.350 e. The lowest BCUT2D eigenvalue weighted by molar-refractivity contribution is 0.411. The Labute approximate surface area is 158 Å². The second-order valence-electron chi connectivity index (χ2n) is 5.14. The van der Waals surface area contributed by atoms with Gasteiger partial charge in [-0.05, 0) is 0 Å². The molecule has 0 aliphatic carbocycles. The van der Waals surface area contributed by atoms with Gasteiger partial charge in [0.2, 0.25) is 11.9 Å². The van der Waals surface area contributed by atoms with Crippen LogP contribution in [0.3, 0.4) is 0 Å². The van der Waals surface area contributed by atoms with Gasteiger partial charge in [-0.15, -0.1) is 0 Å². The predicted molar refractivity (Wildman–Crippen MR) is 81.1 cm³/mol. The van der Waals surface area contributed by atoms with Crippen molar-refractivity contribution in [1.82, 2.24) is 4.98 Å². The first-order valence-corrected chi connectivity index (χ1v) is 7.53. The minimum absolute atomic E-state index is 1.05. The van der Waals surface area contributed by atoms with Crippen molar-refractivity contribution in [2.75, 3.05) is 5.32 Å². The number of anilines is 2. The summed E-state index contributed by atoms with van der Waals surface area (Å²) in [6, 6.07) is 0. The van der Waals surface area contributed by atoms with Crippen LogP contribution < -0.4 is 5.32 Å². The van der Waals surface area contributed by atoms with Crippen molar-refractivity contribution in [3.05, 3.63) is 62.7 Å². The summed E-state index contributed by atoms with van der Waals surface area (Å²) in [4.78, 5) is 2.64. The summed E-state index contributed by atoms with van der Waals surface area (Å²) in [6.45, 7) is 0. The molecule has 0 spiro atoms. The van der Waals surface area contributed by atoms with E-state index >= 15 is 0 Å². The van der Waals surface area contributed by atoms with Crippen LogP contribution in [0, 0.1) is 52.6 Å². The van der Waals surface area contributed by atoms with Gasteiger partial charge in [-0.3, -0.25) is 0 Å². The van der Waals surface area contributed by atoms with Gasteiger partial charge in [0.25, 0.3) is 0 Å². The van der Waals surface area contributed by atoms with Gasteiger partial charge in [0.1, 0.15) is 10.0 Å². The number of fused-ring (bicyclic) bond motifs is 1. The number of aromatic nitrogens is 1. The first-order valence-electron chi connectivity index (χ1n) is 6.78. The first kappa shape index (κ1) is 20.3. The molecular formula is C15HCl2F9N2. The Hall–Kier alpha value is -2.40. The van der Waals surface area contributed by atoms with Crippen LogP contribution in [0.2, 0.25) is 10.0 Å². The summed E-state index contributed by atoms with van der Waals surface area (Å²) >= 11 is 11.0. The highest BCUT2D eigenvalue weighted by Gasteiger charge is 2.31. The summed E-state index contributed by atoms with van der Waals surface area (Å²) in [6.07, 6.45) is 0. The monoisotopic (exact) mass is 450 g/mol. The number of rotatable bonds is 2. The number of nitrogens with one attached hydrogen (secondary N) is 1. The Kier molecular flexibility index (Phi) is 5.00. The molecular weight excluding hydrogens is 450 g/mol. The van der Waals surface area contributed by atoms with E-state index < -0.39 is 84.8 Å². The maximum absolute atomic E-state index is 14.2.